The minimum atomic E-state index is -2.93. The van der Waals surface area contributed by atoms with Crippen LogP contribution in [0.3, 0.4) is 0 Å². The van der Waals surface area contributed by atoms with Gasteiger partial charge >= 0.3 is 5.82 Å². The predicted molar refractivity (Wildman–Crippen MR) is 45.6 cm³/mol. The van der Waals surface area contributed by atoms with Crippen molar-refractivity contribution < 1.29 is 18.5 Å². The van der Waals surface area contributed by atoms with Gasteiger partial charge in [-0.3, -0.25) is 4.79 Å². The molecule has 2 N–H and O–H groups in total. The quantitative estimate of drug-likeness (QED) is 0.467. The van der Waals surface area contributed by atoms with Gasteiger partial charge in [-0.2, -0.15) is 0 Å². The molecule has 80 valence electrons. The Morgan fingerprint density at radius 2 is 2.20 bits per heavy atom. The van der Waals surface area contributed by atoms with Crippen molar-refractivity contribution in [2.45, 2.75) is 6.43 Å². The first-order valence-corrected chi connectivity index (χ1v) is 3.65. The number of anilines is 1. The van der Waals surface area contributed by atoms with E-state index in [1.54, 1.807) is 0 Å². The average Bonchev–Trinajstić information content (AvgIpc) is 2.16. The van der Waals surface area contributed by atoms with Gasteiger partial charge < -0.3 is 15.8 Å². The highest BCUT2D eigenvalue weighted by atomic mass is 19.3. The van der Waals surface area contributed by atoms with E-state index in [9.17, 15) is 23.7 Å². The number of carbonyl (C=O) groups is 1. The summed E-state index contributed by atoms with van der Waals surface area (Å²) in [6.07, 6.45) is -2.31. The fraction of sp³-hybridized carbons (Fsp3) is 0.143. The maximum Gasteiger partial charge on any atom is 0.376 e. The van der Waals surface area contributed by atoms with Crippen LogP contribution >= 0.6 is 0 Å². The zero-order chi connectivity index (χ0) is 11.6. The first-order chi connectivity index (χ1) is 6.99. The van der Waals surface area contributed by atoms with Crippen molar-refractivity contribution in [3.05, 3.63) is 27.4 Å². The second-order valence-electron chi connectivity index (χ2n) is 2.54. The van der Waals surface area contributed by atoms with E-state index < -0.39 is 34.0 Å². The number of nitro groups is 1. The van der Waals surface area contributed by atoms with E-state index in [-0.39, 0.29) is 6.29 Å². The minimum Gasteiger partial charge on any atom is -0.397 e. The summed E-state index contributed by atoms with van der Waals surface area (Å²) in [5, 5.41) is 10.4. The topological polar surface area (TPSA) is 99.1 Å². The molecule has 1 aromatic heterocycles. The molecule has 0 atom stereocenters. The van der Waals surface area contributed by atoms with Crippen molar-refractivity contribution >= 4 is 17.8 Å². The molecule has 15 heavy (non-hydrogen) atoms. The zero-order valence-electron chi connectivity index (χ0n) is 7.18. The average molecular weight is 217 g/mol. The number of rotatable bonds is 3. The number of aldehydes is 1. The first kappa shape index (κ1) is 11.0. The number of pyridine rings is 1. The Kier molecular flexibility index (Phi) is 2.88. The Bertz CT molecular complexity index is 422. The SMILES string of the molecule is Nc1c(C(F)F)cnc([N+](=O)[O-])c1C=O. The van der Waals surface area contributed by atoms with Crippen LogP contribution in [-0.4, -0.2) is 16.2 Å². The summed E-state index contributed by atoms with van der Waals surface area (Å²) in [7, 11) is 0. The van der Waals surface area contributed by atoms with Crippen LogP contribution in [0, 0.1) is 10.1 Å². The molecule has 1 aromatic rings. The fourth-order valence-corrected chi connectivity index (χ4v) is 0.981. The van der Waals surface area contributed by atoms with Crippen LogP contribution in [0.5, 0.6) is 0 Å². The van der Waals surface area contributed by atoms with E-state index in [1.807, 2.05) is 0 Å². The number of alkyl halides is 2. The van der Waals surface area contributed by atoms with Gasteiger partial charge in [0.2, 0.25) is 0 Å². The van der Waals surface area contributed by atoms with E-state index in [4.69, 9.17) is 5.73 Å². The number of nitrogens with zero attached hydrogens (tertiary/aromatic N) is 2. The Morgan fingerprint density at radius 3 is 2.60 bits per heavy atom. The van der Waals surface area contributed by atoms with Gasteiger partial charge in [0.25, 0.3) is 6.43 Å². The standard InChI is InChI=1S/C7H5F2N3O3/c8-6(9)3-1-11-7(12(14)15)4(2-13)5(3)10/h1-2,6H,(H2,10,11). The smallest absolute Gasteiger partial charge is 0.376 e. The van der Waals surface area contributed by atoms with Crippen LogP contribution in [0.15, 0.2) is 6.20 Å². The number of halogens is 2. The van der Waals surface area contributed by atoms with Crippen molar-refractivity contribution in [2.24, 2.45) is 0 Å². The summed E-state index contributed by atoms with van der Waals surface area (Å²) in [6.45, 7) is 0. The fourth-order valence-electron chi connectivity index (χ4n) is 0.981. The zero-order valence-corrected chi connectivity index (χ0v) is 7.18. The van der Waals surface area contributed by atoms with Gasteiger partial charge in [0, 0.05) is 0 Å². The summed E-state index contributed by atoms with van der Waals surface area (Å²) in [6, 6.07) is 0. The van der Waals surface area contributed by atoms with E-state index in [1.165, 1.54) is 0 Å². The van der Waals surface area contributed by atoms with Crippen molar-refractivity contribution in [2.75, 3.05) is 5.73 Å². The molecule has 0 aliphatic carbocycles. The molecule has 0 spiro atoms. The molecule has 0 aromatic carbocycles. The Morgan fingerprint density at radius 1 is 1.60 bits per heavy atom. The molecule has 0 aliphatic rings. The van der Waals surface area contributed by atoms with Gasteiger partial charge in [-0.1, -0.05) is 0 Å². The molecule has 0 saturated carbocycles. The Hall–Kier alpha value is -2.12. The molecule has 0 saturated heterocycles. The molecule has 1 rings (SSSR count). The number of hydrogen-bond donors (Lipinski definition) is 1. The lowest BCUT2D eigenvalue weighted by Crippen LogP contribution is -2.06. The second kappa shape index (κ2) is 3.95. The van der Waals surface area contributed by atoms with Crippen LogP contribution in [0.1, 0.15) is 22.3 Å². The molecular weight excluding hydrogens is 212 g/mol. The highest BCUT2D eigenvalue weighted by molar-refractivity contribution is 5.89. The number of carbonyl (C=O) groups excluding carboxylic acids is 1. The largest absolute Gasteiger partial charge is 0.397 e. The summed E-state index contributed by atoms with van der Waals surface area (Å²) in [5.41, 5.74) is 3.25. The van der Waals surface area contributed by atoms with Crippen molar-refractivity contribution in [3.63, 3.8) is 0 Å². The van der Waals surface area contributed by atoms with Gasteiger partial charge in [0.1, 0.15) is 5.56 Å². The third-order valence-corrected chi connectivity index (χ3v) is 1.69. The monoisotopic (exact) mass is 217 g/mol. The molecule has 0 fully saturated rings. The highest BCUT2D eigenvalue weighted by Gasteiger charge is 2.24. The van der Waals surface area contributed by atoms with Gasteiger partial charge in [-0.05, 0) is 9.91 Å². The van der Waals surface area contributed by atoms with E-state index >= 15 is 0 Å². The minimum absolute atomic E-state index is 0.0341. The van der Waals surface area contributed by atoms with Crippen LogP contribution < -0.4 is 5.73 Å². The lowest BCUT2D eigenvalue weighted by molar-refractivity contribution is -0.389. The Labute approximate surface area is 81.9 Å². The van der Waals surface area contributed by atoms with Crippen LogP contribution in [0.25, 0.3) is 0 Å². The molecule has 0 radical (unpaired) electrons. The molecule has 1 heterocycles. The predicted octanol–water partition coefficient (Wildman–Crippen LogP) is 1.32. The third-order valence-electron chi connectivity index (χ3n) is 1.69. The molecule has 0 amide bonds. The van der Waals surface area contributed by atoms with Crippen LogP contribution in [0.2, 0.25) is 0 Å². The molecule has 0 bridgehead atoms. The number of hydrogen-bond acceptors (Lipinski definition) is 5. The van der Waals surface area contributed by atoms with Crippen molar-refractivity contribution in [1.29, 1.82) is 0 Å². The van der Waals surface area contributed by atoms with Gasteiger partial charge in [-0.25, -0.2) is 8.78 Å². The first-order valence-electron chi connectivity index (χ1n) is 3.65. The van der Waals surface area contributed by atoms with Crippen molar-refractivity contribution in [3.8, 4) is 0 Å². The lowest BCUT2D eigenvalue weighted by Gasteiger charge is -2.04. The highest BCUT2D eigenvalue weighted by Crippen LogP contribution is 2.30. The van der Waals surface area contributed by atoms with E-state index in [0.717, 1.165) is 0 Å². The second-order valence-corrected chi connectivity index (χ2v) is 2.54. The van der Waals surface area contributed by atoms with E-state index in [0.29, 0.717) is 6.20 Å². The lowest BCUT2D eigenvalue weighted by atomic mass is 10.1. The number of aromatic nitrogens is 1. The summed E-state index contributed by atoms with van der Waals surface area (Å²) in [5.74, 6) is -0.827. The molecule has 0 unspecified atom stereocenters. The van der Waals surface area contributed by atoms with Gasteiger partial charge in [0.15, 0.2) is 12.5 Å². The molecule has 0 aliphatic heterocycles. The maximum atomic E-state index is 12.3. The summed E-state index contributed by atoms with van der Waals surface area (Å²) < 4.78 is 24.5. The summed E-state index contributed by atoms with van der Waals surface area (Å²) in [4.78, 5) is 23.0. The maximum absolute atomic E-state index is 12.3. The van der Waals surface area contributed by atoms with Crippen molar-refractivity contribution in [1.82, 2.24) is 4.98 Å². The number of nitrogen functional groups attached to an aromatic ring is 1. The number of nitrogens with two attached hydrogens (primary N) is 1. The van der Waals surface area contributed by atoms with Crippen LogP contribution in [-0.2, 0) is 0 Å². The third kappa shape index (κ3) is 1.87. The van der Waals surface area contributed by atoms with Gasteiger partial charge in [0.05, 0.1) is 11.3 Å². The molecule has 8 heteroatoms. The Balaban J connectivity index is 3.45. The molecule has 6 nitrogen and oxygen atoms in total. The molecular formula is C7H5F2N3O3. The summed E-state index contributed by atoms with van der Waals surface area (Å²) >= 11 is 0. The van der Waals surface area contributed by atoms with Crippen LogP contribution in [0.4, 0.5) is 20.3 Å². The normalized spacial score (nSPS) is 10.3. The van der Waals surface area contributed by atoms with E-state index in [2.05, 4.69) is 4.98 Å². The van der Waals surface area contributed by atoms with Gasteiger partial charge in [-0.15, -0.1) is 0 Å².